The predicted molar refractivity (Wildman–Crippen MR) is 31.8 cm³/mol. The quantitative estimate of drug-likeness (QED) is 0.393. The maximum absolute atomic E-state index is 10.4. The fourth-order valence-corrected chi connectivity index (χ4v) is 0.248. The van der Waals surface area contributed by atoms with E-state index in [0.717, 1.165) is 0 Å². The van der Waals surface area contributed by atoms with Crippen molar-refractivity contribution < 1.29 is 4.79 Å². The van der Waals surface area contributed by atoms with Crippen LogP contribution in [0.25, 0.3) is 0 Å². The maximum Gasteiger partial charge on any atom is 0.245 e. The summed E-state index contributed by atoms with van der Waals surface area (Å²) in [5.74, 6) is 2.11. The lowest BCUT2D eigenvalue weighted by Gasteiger charge is -1.85. The van der Waals surface area contributed by atoms with Crippen LogP contribution in [0.5, 0.6) is 0 Å². The van der Waals surface area contributed by atoms with Crippen LogP contribution in [0.1, 0.15) is 13.3 Å². The lowest BCUT2D eigenvalue weighted by atomic mass is 10.4. The molecule has 0 atom stereocenters. The van der Waals surface area contributed by atoms with Crippen LogP contribution in [0, 0.1) is 23.3 Å². The van der Waals surface area contributed by atoms with E-state index in [0.29, 0.717) is 0 Å². The molecular weight excluding hydrogens is 116 g/mol. The molecule has 0 fully saturated rings. The summed E-state index contributed by atoms with van der Waals surface area (Å²) in [6.07, 6.45) is -0.130. The molecule has 0 aromatic rings. The van der Waals surface area contributed by atoms with Crippen molar-refractivity contribution in [2.75, 3.05) is 0 Å². The van der Waals surface area contributed by atoms with Crippen LogP contribution in [0.4, 0.5) is 0 Å². The molecule has 0 radical (unpaired) electrons. The molecule has 0 saturated heterocycles. The number of nitriles is 1. The molecule has 1 amide bonds. The maximum atomic E-state index is 10.4. The third-order valence-electron chi connectivity index (χ3n) is 0.567. The Kier molecular flexibility index (Phi) is 3.90. The number of amides is 1. The minimum atomic E-state index is -0.355. The first-order valence-electron chi connectivity index (χ1n) is 2.38. The molecule has 0 aliphatic heterocycles. The van der Waals surface area contributed by atoms with E-state index >= 15 is 0 Å². The third kappa shape index (κ3) is 4.37. The van der Waals surface area contributed by atoms with Crippen molar-refractivity contribution in [2.45, 2.75) is 13.3 Å². The summed E-state index contributed by atoms with van der Waals surface area (Å²) in [4.78, 5) is 10.4. The van der Waals surface area contributed by atoms with Crippen molar-refractivity contribution in [1.82, 2.24) is 5.32 Å². The third-order valence-corrected chi connectivity index (χ3v) is 0.567. The number of hydrogen-bond donors (Lipinski definition) is 1. The van der Waals surface area contributed by atoms with Gasteiger partial charge in [-0.2, -0.15) is 5.26 Å². The molecule has 0 saturated carbocycles. The number of carbonyl (C=O) groups is 1. The number of carbonyl (C=O) groups excluding carboxylic acids is 1. The molecule has 0 aromatic carbocycles. The second-order valence-electron chi connectivity index (χ2n) is 1.26. The van der Waals surface area contributed by atoms with Crippen molar-refractivity contribution in [3.63, 3.8) is 0 Å². The van der Waals surface area contributed by atoms with Crippen LogP contribution in [-0.4, -0.2) is 5.91 Å². The number of nitrogens with zero attached hydrogens (tertiary/aromatic N) is 1. The lowest BCUT2D eigenvalue weighted by Crippen LogP contribution is -2.15. The minimum Gasteiger partial charge on any atom is -0.284 e. The Morgan fingerprint density at radius 1 is 1.78 bits per heavy atom. The molecular formula is C6H6N2O. The fraction of sp³-hybridized carbons (Fsp3) is 0.333. The van der Waals surface area contributed by atoms with Crippen LogP contribution in [0.2, 0.25) is 0 Å². The highest BCUT2D eigenvalue weighted by molar-refractivity contribution is 5.79. The van der Waals surface area contributed by atoms with Gasteiger partial charge >= 0.3 is 0 Å². The van der Waals surface area contributed by atoms with Crippen molar-refractivity contribution in [1.29, 1.82) is 5.26 Å². The standard InChI is InChI=1S/C6H6N2O/c1-2-5-8-6(9)3-4-7/h3H2,1H3,(H,8,9). The van der Waals surface area contributed by atoms with Crippen LogP contribution < -0.4 is 5.32 Å². The van der Waals surface area contributed by atoms with Gasteiger partial charge in [-0.1, -0.05) is 5.92 Å². The molecule has 0 spiro atoms. The van der Waals surface area contributed by atoms with Crippen LogP contribution in [0.3, 0.4) is 0 Å². The van der Waals surface area contributed by atoms with E-state index in [9.17, 15) is 4.79 Å². The van der Waals surface area contributed by atoms with E-state index in [1.54, 1.807) is 13.0 Å². The van der Waals surface area contributed by atoms with Gasteiger partial charge in [0, 0.05) is 6.04 Å². The first-order valence-corrected chi connectivity index (χ1v) is 2.38. The molecule has 46 valence electrons. The van der Waals surface area contributed by atoms with E-state index in [4.69, 9.17) is 5.26 Å². The average Bonchev–Trinajstić information content (AvgIpc) is 1.85. The molecule has 9 heavy (non-hydrogen) atoms. The minimum absolute atomic E-state index is 0.130. The summed E-state index contributed by atoms with van der Waals surface area (Å²) in [5.41, 5.74) is 0. The molecule has 0 bridgehead atoms. The topological polar surface area (TPSA) is 52.9 Å². The number of rotatable bonds is 1. The van der Waals surface area contributed by atoms with Gasteiger partial charge in [0.25, 0.3) is 0 Å². The van der Waals surface area contributed by atoms with Gasteiger partial charge in [0.05, 0.1) is 6.07 Å². The molecule has 1 N–H and O–H groups in total. The van der Waals surface area contributed by atoms with Gasteiger partial charge < -0.3 is 0 Å². The Labute approximate surface area is 53.7 Å². The monoisotopic (exact) mass is 122 g/mol. The van der Waals surface area contributed by atoms with Gasteiger partial charge in [-0.25, -0.2) is 0 Å². The zero-order chi connectivity index (χ0) is 7.11. The van der Waals surface area contributed by atoms with Crippen LogP contribution >= 0.6 is 0 Å². The van der Waals surface area contributed by atoms with Crippen LogP contribution in [0.15, 0.2) is 0 Å². The van der Waals surface area contributed by atoms with Crippen LogP contribution in [-0.2, 0) is 4.79 Å². The second kappa shape index (κ2) is 4.67. The van der Waals surface area contributed by atoms with Gasteiger partial charge in [-0.05, 0) is 6.92 Å². The first-order chi connectivity index (χ1) is 4.31. The van der Waals surface area contributed by atoms with Gasteiger partial charge in [0.2, 0.25) is 5.91 Å². The Balaban J connectivity index is 3.50. The second-order valence-corrected chi connectivity index (χ2v) is 1.26. The number of nitrogens with one attached hydrogen (secondary N) is 1. The zero-order valence-electron chi connectivity index (χ0n) is 5.06. The SMILES string of the molecule is CC#CNC(=O)CC#N. The fourth-order valence-electron chi connectivity index (χ4n) is 0.248. The summed E-state index contributed by atoms with van der Waals surface area (Å²) in [6, 6.07) is 4.03. The van der Waals surface area contributed by atoms with E-state index in [2.05, 4.69) is 17.3 Å². The first kappa shape index (κ1) is 7.52. The van der Waals surface area contributed by atoms with E-state index < -0.39 is 0 Å². The number of hydrogen-bond acceptors (Lipinski definition) is 2. The van der Waals surface area contributed by atoms with Crippen molar-refractivity contribution in [3.05, 3.63) is 0 Å². The smallest absolute Gasteiger partial charge is 0.245 e. The summed E-state index contributed by atoms with van der Waals surface area (Å²) in [5, 5.41) is 10.2. The van der Waals surface area contributed by atoms with Gasteiger partial charge in [0.1, 0.15) is 6.42 Å². The Morgan fingerprint density at radius 2 is 2.44 bits per heavy atom. The zero-order valence-corrected chi connectivity index (χ0v) is 5.06. The molecule has 0 heterocycles. The molecule has 0 aromatic heterocycles. The van der Waals surface area contributed by atoms with E-state index in [-0.39, 0.29) is 12.3 Å². The molecule has 0 rings (SSSR count). The summed E-state index contributed by atoms with van der Waals surface area (Å²) in [7, 11) is 0. The van der Waals surface area contributed by atoms with Gasteiger partial charge in [0.15, 0.2) is 0 Å². The largest absolute Gasteiger partial charge is 0.284 e. The Morgan fingerprint density at radius 3 is 2.89 bits per heavy atom. The highest BCUT2D eigenvalue weighted by Crippen LogP contribution is 1.71. The Hall–Kier alpha value is -1.48. The normalized spacial score (nSPS) is 6.22. The van der Waals surface area contributed by atoms with E-state index in [1.165, 1.54) is 0 Å². The van der Waals surface area contributed by atoms with E-state index in [1.807, 2.05) is 0 Å². The lowest BCUT2D eigenvalue weighted by molar-refractivity contribution is -0.118. The van der Waals surface area contributed by atoms with Crippen molar-refractivity contribution >= 4 is 5.91 Å². The average molecular weight is 122 g/mol. The van der Waals surface area contributed by atoms with Gasteiger partial charge in [-0.3, -0.25) is 10.1 Å². The summed E-state index contributed by atoms with van der Waals surface area (Å²) < 4.78 is 0. The predicted octanol–water partition coefficient (Wildman–Crippen LogP) is -0.00292. The Bertz CT molecular complexity index is 191. The molecule has 3 nitrogen and oxygen atoms in total. The van der Waals surface area contributed by atoms with Crippen molar-refractivity contribution in [3.8, 4) is 18.0 Å². The van der Waals surface area contributed by atoms with Gasteiger partial charge in [-0.15, -0.1) is 0 Å². The highest BCUT2D eigenvalue weighted by Gasteiger charge is 1.92. The molecule has 3 heteroatoms. The summed E-state index contributed by atoms with van der Waals surface area (Å²) in [6.45, 7) is 1.60. The summed E-state index contributed by atoms with van der Waals surface area (Å²) >= 11 is 0. The molecule has 0 aliphatic rings. The highest BCUT2D eigenvalue weighted by atomic mass is 16.1. The van der Waals surface area contributed by atoms with Crippen molar-refractivity contribution in [2.24, 2.45) is 0 Å². The molecule has 0 aliphatic carbocycles. The molecule has 0 unspecified atom stereocenters.